The number of aromatic nitrogens is 4. The number of amides is 1. The van der Waals surface area contributed by atoms with Crippen molar-refractivity contribution in [3.63, 3.8) is 0 Å². The first kappa shape index (κ1) is 23.6. The zero-order valence-corrected chi connectivity index (χ0v) is 21.4. The van der Waals surface area contributed by atoms with Gasteiger partial charge in [-0.2, -0.15) is 5.26 Å². The predicted octanol–water partition coefficient (Wildman–Crippen LogP) is 4.56. The second kappa shape index (κ2) is 9.35. The Hall–Kier alpha value is -2.57. The zero-order chi connectivity index (χ0) is 23.8. The Labute approximate surface area is 203 Å². The number of hydrogen-bond acceptors (Lipinski definition) is 6. The molecule has 7 nitrogen and oxygen atoms in total. The minimum absolute atomic E-state index is 0.130. The van der Waals surface area contributed by atoms with Crippen molar-refractivity contribution >= 4 is 34.0 Å². The van der Waals surface area contributed by atoms with E-state index in [4.69, 9.17) is 0 Å². The molecule has 1 atom stereocenters. The van der Waals surface area contributed by atoms with Crippen molar-refractivity contribution in [1.82, 2.24) is 19.3 Å². The van der Waals surface area contributed by atoms with Gasteiger partial charge in [-0.25, -0.2) is 0 Å². The van der Waals surface area contributed by atoms with Crippen molar-refractivity contribution < 1.29 is 4.79 Å². The van der Waals surface area contributed by atoms with E-state index in [2.05, 4.69) is 53.0 Å². The van der Waals surface area contributed by atoms with Gasteiger partial charge >= 0.3 is 0 Å². The number of thiophene rings is 1. The highest BCUT2D eigenvalue weighted by molar-refractivity contribution is 7.99. The lowest BCUT2D eigenvalue weighted by Crippen LogP contribution is -2.26. The van der Waals surface area contributed by atoms with Crippen LogP contribution in [0.3, 0.4) is 0 Å². The van der Waals surface area contributed by atoms with Crippen molar-refractivity contribution in [2.75, 3.05) is 11.1 Å². The Morgan fingerprint density at radius 1 is 1.36 bits per heavy atom. The fraction of sp³-hybridized carbons (Fsp3) is 0.500. The number of thioether (sulfide) groups is 1. The molecule has 0 fully saturated rings. The summed E-state index contributed by atoms with van der Waals surface area (Å²) in [5, 5.41) is 22.7. The molecular formula is C24H30N6OS2. The van der Waals surface area contributed by atoms with Crippen LogP contribution < -0.4 is 5.32 Å². The van der Waals surface area contributed by atoms with Gasteiger partial charge in [0.25, 0.3) is 0 Å². The summed E-state index contributed by atoms with van der Waals surface area (Å²) in [6, 6.07) is 6.40. The standard InChI is InChI=1S/C24H30N6OS2/c1-24(2,3)15-8-9-17-18(13-25)22(33-19(17)11-15)26-21(31)14-32-23-28-27-20(30(23)5)12-16-7-6-10-29(16)4/h6-7,10,15H,8-9,11-12,14H2,1-5H3,(H,26,31). The summed E-state index contributed by atoms with van der Waals surface area (Å²) in [6.07, 6.45) is 5.66. The lowest BCUT2D eigenvalue weighted by atomic mass is 9.72. The molecule has 1 amide bonds. The number of nitrogens with one attached hydrogen (secondary N) is 1. The first-order valence-corrected chi connectivity index (χ1v) is 12.9. The third-order valence-corrected chi connectivity index (χ3v) is 8.69. The predicted molar refractivity (Wildman–Crippen MR) is 133 cm³/mol. The van der Waals surface area contributed by atoms with E-state index in [1.54, 1.807) is 11.3 Å². The highest BCUT2D eigenvalue weighted by atomic mass is 32.2. The molecule has 1 unspecified atom stereocenters. The number of anilines is 1. The lowest BCUT2D eigenvalue weighted by molar-refractivity contribution is -0.113. The Balaban J connectivity index is 1.40. The van der Waals surface area contributed by atoms with E-state index in [0.29, 0.717) is 28.1 Å². The number of carbonyl (C=O) groups is 1. The van der Waals surface area contributed by atoms with Crippen LogP contribution in [0, 0.1) is 22.7 Å². The Bertz CT molecular complexity index is 1210. The second-order valence-electron chi connectivity index (χ2n) is 9.71. The van der Waals surface area contributed by atoms with Gasteiger partial charge in [0, 0.05) is 37.3 Å². The average molecular weight is 483 g/mol. The Morgan fingerprint density at radius 2 is 2.15 bits per heavy atom. The summed E-state index contributed by atoms with van der Waals surface area (Å²) >= 11 is 2.92. The van der Waals surface area contributed by atoms with E-state index in [1.165, 1.54) is 16.6 Å². The molecule has 9 heteroatoms. The summed E-state index contributed by atoms with van der Waals surface area (Å²) in [4.78, 5) is 14.0. The summed E-state index contributed by atoms with van der Waals surface area (Å²) in [6.45, 7) is 6.83. The maximum Gasteiger partial charge on any atom is 0.235 e. The number of aryl methyl sites for hydroxylation is 1. The lowest BCUT2D eigenvalue weighted by Gasteiger charge is -2.33. The summed E-state index contributed by atoms with van der Waals surface area (Å²) in [7, 11) is 3.93. The maximum atomic E-state index is 12.7. The van der Waals surface area contributed by atoms with Crippen LogP contribution in [0.15, 0.2) is 23.5 Å². The fourth-order valence-electron chi connectivity index (χ4n) is 4.29. The minimum Gasteiger partial charge on any atom is -0.354 e. The smallest absolute Gasteiger partial charge is 0.235 e. The fourth-order valence-corrected chi connectivity index (χ4v) is 6.32. The first-order chi connectivity index (χ1) is 15.7. The Morgan fingerprint density at radius 3 is 2.82 bits per heavy atom. The van der Waals surface area contributed by atoms with Crippen molar-refractivity contribution in [2.24, 2.45) is 25.4 Å². The van der Waals surface area contributed by atoms with Gasteiger partial charge in [0.2, 0.25) is 5.91 Å². The number of carbonyl (C=O) groups excluding carboxylic acids is 1. The van der Waals surface area contributed by atoms with E-state index >= 15 is 0 Å². The molecule has 3 aromatic heterocycles. The second-order valence-corrected chi connectivity index (χ2v) is 11.8. The van der Waals surface area contributed by atoms with Crippen LogP contribution >= 0.6 is 23.1 Å². The third-order valence-electron chi connectivity index (χ3n) is 6.50. The number of nitrogens with zero attached hydrogens (tertiary/aromatic N) is 5. The molecule has 174 valence electrons. The van der Waals surface area contributed by atoms with Crippen LogP contribution in [0.4, 0.5) is 5.00 Å². The van der Waals surface area contributed by atoms with Gasteiger partial charge in [0.15, 0.2) is 5.16 Å². The van der Waals surface area contributed by atoms with E-state index < -0.39 is 0 Å². The monoisotopic (exact) mass is 482 g/mol. The molecule has 33 heavy (non-hydrogen) atoms. The van der Waals surface area contributed by atoms with Gasteiger partial charge in [-0.1, -0.05) is 32.5 Å². The van der Waals surface area contributed by atoms with Gasteiger partial charge in [-0.3, -0.25) is 4.79 Å². The maximum absolute atomic E-state index is 12.7. The molecule has 0 saturated heterocycles. The molecule has 1 aliphatic carbocycles. The van der Waals surface area contributed by atoms with Crippen LogP contribution in [0.5, 0.6) is 0 Å². The van der Waals surface area contributed by atoms with Crippen molar-refractivity contribution in [1.29, 1.82) is 5.26 Å². The molecule has 3 heterocycles. The summed E-state index contributed by atoms with van der Waals surface area (Å²) < 4.78 is 3.99. The van der Waals surface area contributed by atoms with E-state index in [-0.39, 0.29) is 17.1 Å². The largest absolute Gasteiger partial charge is 0.354 e. The van der Waals surface area contributed by atoms with E-state index in [0.717, 1.165) is 36.3 Å². The molecule has 0 spiro atoms. The number of hydrogen-bond donors (Lipinski definition) is 1. The van der Waals surface area contributed by atoms with Crippen LogP contribution in [0.2, 0.25) is 0 Å². The van der Waals surface area contributed by atoms with Crippen molar-refractivity contribution in [3.05, 3.63) is 45.9 Å². The van der Waals surface area contributed by atoms with E-state index in [1.807, 2.05) is 30.9 Å². The highest BCUT2D eigenvalue weighted by Gasteiger charge is 2.32. The molecule has 1 aliphatic rings. The molecular weight excluding hydrogens is 452 g/mol. The molecule has 1 N–H and O–H groups in total. The number of fused-ring (bicyclic) bond motifs is 1. The average Bonchev–Trinajstić information content (AvgIpc) is 3.43. The molecule has 0 bridgehead atoms. The highest BCUT2D eigenvalue weighted by Crippen LogP contribution is 2.44. The normalized spacial score (nSPS) is 15.8. The molecule has 0 radical (unpaired) electrons. The van der Waals surface area contributed by atoms with Gasteiger partial charge in [-0.05, 0) is 48.3 Å². The number of nitriles is 1. The van der Waals surface area contributed by atoms with Gasteiger partial charge in [0.1, 0.15) is 16.9 Å². The first-order valence-electron chi connectivity index (χ1n) is 11.1. The molecule has 4 rings (SSSR count). The van der Waals surface area contributed by atoms with Crippen LogP contribution in [-0.2, 0) is 38.2 Å². The quantitative estimate of drug-likeness (QED) is 0.520. The molecule has 0 aromatic carbocycles. The van der Waals surface area contributed by atoms with Crippen molar-refractivity contribution in [3.8, 4) is 6.07 Å². The minimum atomic E-state index is -0.130. The van der Waals surface area contributed by atoms with Crippen molar-refractivity contribution in [2.45, 2.75) is 51.6 Å². The topological polar surface area (TPSA) is 88.5 Å². The summed E-state index contributed by atoms with van der Waals surface area (Å²) in [5.41, 5.74) is 3.16. The zero-order valence-electron chi connectivity index (χ0n) is 19.8. The van der Waals surface area contributed by atoms with E-state index in [9.17, 15) is 10.1 Å². The SMILES string of the molecule is Cn1cccc1Cc1nnc(SCC(=O)Nc2sc3c(c2C#N)CCC(C(C)(C)C)C3)n1C. The van der Waals surface area contributed by atoms with Crippen LogP contribution in [-0.4, -0.2) is 31.0 Å². The molecule has 3 aromatic rings. The molecule has 0 saturated carbocycles. The third kappa shape index (κ3) is 5.02. The summed E-state index contributed by atoms with van der Waals surface area (Å²) in [5.74, 6) is 1.53. The van der Waals surface area contributed by atoms with Gasteiger partial charge in [-0.15, -0.1) is 21.5 Å². The Kier molecular flexibility index (Phi) is 6.68. The van der Waals surface area contributed by atoms with Gasteiger partial charge in [0.05, 0.1) is 11.3 Å². The molecule has 0 aliphatic heterocycles. The number of rotatable bonds is 6. The van der Waals surface area contributed by atoms with Crippen LogP contribution in [0.25, 0.3) is 0 Å². The van der Waals surface area contributed by atoms with Crippen LogP contribution in [0.1, 0.15) is 54.7 Å². The van der Waals surface area contributed by atoms with Gasteiger partial charge < -0.3 is 14.5 Å².